The highest BCUT2D eigenvalue weighted by Crippen LogP contribution is 2.18. The lowest BCUT2D eigenvalue weighted by molar-refractivity contribution is 0.584. The lowest BCUT2D eigenvalue weighted by Crippen LogP contribution is -2.18. The number of halogens is 2. The summed E-state index contributed by atoms with van der Waals surface area (Å²) in [4.78, 5) is -0.142. The monoisotopic (exact) mass is 223 g/mol. The van der Waals surface area contributed by atoms with Crippen molar-refractivity contribution in [3.63, 3.8) is 0 Å². The quantitative estimate of drug-likeness (QED) is 0.824. The molecule has 0 saturated carbocycles. The molecule has 0 fully saturated rings. The summed E-state index contributed by atoms with van der Waals surface area (Å²) in [7, 11) is -2.33. The van der Waals surface area contributed by atoms with Gasteiger partial charge in [-0.3, -0.25) is 0 Å². The van der Waals surface area contributed by atoms with Crippen molar-refractivity contribution in [2.45, 2.75) is 4.90 Å². The molecule has 0 bridgehead atoms. The molecule has 1 aromatic carbocycles. The lowest BCUT2D eigenvalue weighted by Gasteiger charge is -2.02. The average molecular weight is 224 g/mol. The van der Waals surface area contributed by atoms with Crippen molar-refractivity contribution in [2.75, 3.05) is 7.05 Å². The highest BCUT2D eigenvalue weighted by atomic mass is 35.5. The number of sulfonamides is 1. The van der Waals surface area contributed by atoms with Gasteiger partial charge in [0.05, 0.1) is 9.92 Å². The van der Waals surface area contributed by atoms with Gasteiger partial charge in [-0.1, -0.05) is 11.6 Å². The van der Waals surface area contributed by atoms with Crippen LogP contribution in [0.2, 0.25) is 5.02 Å². The largest absolute Gasteiger partial charge is 0.240 e. The molecule has 0 amide bonds. The SMILES string of the molecule is CNS(=O)(=O)c1ccc(Cl)c(F)c1. The number of hydrogen-bond acceptors (Lipinski definition) is 2. The molecule has 0 aromatic heterocycles. The fourth-order valence-corrected chi connectivity index (χ4v) is 1.62. The van der Waals surface area contributed by atoms with Gasteiger partial charge in [0.1, 0.15) is 5.82 Å². The Morgan fingerprint density at radius 3 is 2.54 bits per heavy atom. The third-order valence-electron chi connectivity index (χ3n) is 1.47. The van der Waals surface area contributed by atoms with Crippen molar-refractivity contribution in [1.82, 2.24) is 4.72 Å². The van der Waals surface area contributed by atoms with Crippen LogP contribution in [0.25, 0.3) is 0 Å². The minimum absolute atomic E-state index is 0.102. The van der Waals surface area contributed by atoms with E-state index in [1.165, 1.54) is 19.2 Å². The Kier molecular flexibility index (Phi) is 2.90. The topological polar surface area (TPSA) is 46.2 Å². The van der Waals surface area contributed by atoms with E-state index in [1.807, 2.05) is 0 Å². The van der Waals surface area contributed by atoms with Crippen LogP contribution in [0.1, 0.15) is 0 Å². The molecule has 0 aliphatic rings. The molecular formula is C7H7ClFNO2S. The van der Waals surface area contributed by atoms with Crippen LogP contribution in [-0.2, 0) is 10.0 Å². The van der Waals surface area contributed by atoms with Gasteiger partial charge in [0.2, 0.25) is 10.0 Å². The fraction of sp³-hybridized carbons (Fsp3) is 0.143. The van der Waals surface area contributed by atoms with E-state index < -0.39 is 15.8 Å². The predicted octanol–water partition coefficient (Wildman–Crippen LogP) is 1.39. The van der Waals surface area contributed by atoms with Crippen LogP contribution >= 0.6 is 11.6 Å². The molecular weight excluding hydrogens is 217 g/mol. The van der Waals surface area contributed by atoms with Gasteiger partial charge >= 0.3 is 0 Å². The van der Waals surface area contributed by atoms with Crippen molar-refractivity contribution >= 4 is 21.6 Å². The zero-order valence-electron chi connectivity index (χ0n) is 6.71. The molecule has 13 heavy (non-hydrogen) atoms. The van der Waals surface area contributed by atoms with E-state index in [0.717, 1.165) is 6.07 Å². The number of hydrogen-bond donors (Lipinski definition) is 1. The van der Waals surface area contributed by atoms with Crippen LogP contribution < -0.4 is 4.72 Å². The van der Waals surface area contributed by atoms with E-state index in [2.05, 4.69) is 4.72 Å². The van der Waals surface area contributed by atoms with Crippen molar-refractivity contribution in [2.24, 2.45) is 0 Å². The van der Waals surface area contributed by atoms with Crippen molar-refractivity contribution < 1.29 is 12.8 Å². The molecule has 72 valence electrons. The van der Waals surface area contributed by atoms with Gasteiger partial charge < -0.3 is 0 Å². The maximum absolute atomic E-state index is 12.8. The van der Waals surface area contributed by atoms with E-state index in [4.69, 9.17) is 11.6 Å². The molecule has 0 spiro atoms. The van der Waals surface area contributed by atoms with Gasteiger partial charge in [-0.25, -0.2) is 17.5 Å². The van der Waals surface area contributed by atoms with Crippen LogP contribution in [0.5, 0.6) is 0 Å². The Bertz CT molecular complexity index is 419. The Morgan fingerprint density at radius 2 is 2.08 bits per heavy atom. The Morgan fingerprint density at radius 1 is 1.46 bits per heavy atom. The van der Waals surface area contributed by atoms with Gasteiger partial charge in [-0.2, -0.15) is 0 Å². The van der Waals surface area contributed by atoms with E-state index in [1.54, 1.807) is 0 Å². The first-order valence-electron chi connectivity index (χ1n) is 3.36. The van der Waals surface area contributed by atoms with E-state index >= 15 is 0 Å². The first kappa shape index (κ1) is 10.4. The number of nitrogens with one attached hydrogen (secondary N) is 1. The molecule has 0 heterocycles. The molecule has 6 heteroatoms. The third kappa shape index (κ3) is 2.18. The molecule has 0 aliphatic carbocycles. The van der Waals surface area contributed by atoms with Gasteiger partial charge in [0, 0.05) is 0 Å². The highest BCUT2D eigenvalue weighted by Gasteiger charge is 2.12. The standard InChI is InChI=1S/C7H7ClFNO2S/c1-10-13(11,12)5-2-3-6(8)7(9)4-5/h2-4,10H,1H3. The molecule has 0 atom stereocenters. The predicted molar refractivity (Wildman–Crippen MR) is 47.7 cm³/mol. The zero-order chi connectivity index (χ0) is 10.1. The Labute approximate surface area is 80.6 Å². The van der Waals surface area contributed by atoms with Crippen LogP contribution in [0, 0.1) is 5.82 Å². The van der Waals surface area contributed by atoms with Crippen molar-refractivity contribution in [1.29, 1.82) is 0 Å². The second kappa shape index (κ2) is 3.61. The van der Waals surface area contributed by atoms with Crippen LogP contribution in [-0.4, -0.2) is 15.5 Å². The van der Waals surface area contributed by atoms with E-state index in [-0.39, 0.29) is 9.92 Å². The summed E-state index contributed by atoms with van der Waals surface area (Å²) in [5.41, 5.74) is 0. The van der Waals surface area contributed by atoms with Gasteiger partial charge in [-0.15, -0.1) is 0 Å². The molecule has 3 nitrogen and oxygen atoms in total. The summed E-state index contributed by atoms with van der Waals surface area (Å²) < 4.78 is 37.2. The van der Waals surface area contributed by atoms with Gasteiger partial charge in [-0.05, 0) is 25.2 Å². The minimum Gasteiger partial charge on any atom is -0.214 e. The highest BCUT2D eigenvalue weighted by molar-refractivity contribution is 7.89. The molecule has 0 saturated heterocycles. The molecule has 1 rings (SSSR count). The van der Waals surface area contributed by atoms with E-state index in [0.29, 0.717) is 0 Å². The second-order valence-electron chi connectivity index (χ2n) is 2.28. The van der Waals surface area contributed by atoms with Crippen molar-refractivity contribution in [3.8, 4) is 0 Å². The molecule has 0 aliphatic heterocycles. The number of benzene rings is 1. The van der Waals surface area contributed by atoms with Crippen LogP contribution in [0.3, 0.4) is 0 Å². The maximum atomic E-state index is 12.8. The molecule has 1 N–H and O–H groups in total. The second-order valence-corrected chi connectivity index (χ2v) is 4.58. The summed E-state index contributed by atoms with van der Waals surface area (Å²) in [5.74, 6) is -0.752. The van der Waals surface area contributed by atoms with Crippen LogP contribution in [0.15, 0.2) is 23.1 Å². The van der Waals surface area contributed by atoms with Gasteiger partial charge in [0.25, 0.3) is 0 Å². The molecule has 1 aromatic rings. The zero-order valence-corrected chi connectivity index (χ0v) is 8.29. The van der Waals surface area contributed by atoms with E-state index in [9.17, 15) is 12.8 Å². The van der Waals surface area contributed by atoms with Gasteiger partial charge in [0.15, 0.2) is 0 Å². The summed E-state index contributed by atoms with van der Waals surface area (Å²) in [6.45, 7) is 0. The first-order valence-corrected chi connectivity index (χ1v) is 5.22. The summed E-state index contributed by atoms with van der Waals surface area (Å²) in [6.07, 6.45) is 0. The molecule has 0 radical (unpaired) electrons. The smallest absolute Gasteiger partial charge is 0.214 e. The van der Waals surface area contributed by atoms with Crippen LogP contribution in [0.4, 0.5) is 4.39 Å². The maximum Gasteiger partial charge on any atom is 0.240 e. The number of rotatable bonds is 2. The summed E-state index contributed by atoms with van der Waals surface area (Å²) in [5, 5.41) is -0.102. The Hall–Kier alpha value is -0.650. The minimum atomic E-state index is -3.59. The average Bonchev–Trinajstić information content (AvgIpc) is 2.09. The Balaban J connectivity index is 3.27. The fourth-order valence-electron chi connectivity index (χ4n) is 0.762. The molecule has 0 unspecified atom stereocenters. The summed E-state index contributed by atoms with van der Waals surface area (Å²) >= 11 is 5.38. The van der Waals surface area contributed by atoms with Crippen molar-refractivity contribution in [3.05, 3.63) is 29.0 Å². The third-order valence-corrected chi connectivity index (χ3v) is 3.19. The summed E-state index contributed by atoms with van der Waals surface area (Å²) in [6, 6.07) is 3.30. The first-order chi connectivity index (χ1) is 5.97. The normalized spacial score (nSPS) is 11.6. The lowest BCUT2D eigenvalue weighted by atomic mass is 10.3.